The van der Waals surface area contributed by atoms with Crippen LogP contribution >= 0.6 is 0 Å². The van der Waals surface area contributed by atoms with Gasteiger partial charge in [-0.3, -0.25) is 14.5 Å². The number of carbonyl (C=O) groups excluding carboxylic acids is 2. The van der Waals surface area contributed by atoms with Crippen LogP contribution in [0.25, 0.3) is 0 Å². The van der Waals surface area contributed by atoms with E-state index in [0.717, 1.165) is 12.1 Å². The first-order valence-corrected chi connectivity index (χ1v) is 9.33. The van der Waals surface area contributed by atoms with E-state index in [1.54, 1.807) is 0 Å². The van der Waals surface area contributed by atoms with Gasteiger partial charge in [0.2, 0.25) is 11.8 Å². The van der Waals surface area contributed by atoms with Gasteiger partial charge in [0.05, 0.1) is 17.5 Å². The second-order valence-corrected chi connectivity index (χ2v) is 8.74. The highest BCUT2D eigenvalue weighted by Crippen LogP contribution is 2.86. The highest BCUT2D eigenvalue weighted by atomic mass is 16.6. The monoisotopic (exact) mass is 321 g/mol. The molecule has 4 nitrogen and oxygen atoms in total. The molecule has 2 aliphatic heterocycles. The van der Waals surface area contributed by atoms with Gasteiger partial charge in [-0.15, -0.1) is 0 Å². The van der Waals surface area contributed by atoms with Crippen molar-refractivity contribution in [1.82, 2.24) is 0 Å². The molecule has 0 N–H and O–H groups in total. The molecule has 24 heavy (non-hydrogen) atoms. The molecule has 6 aliphatic rings. The lowest BCUT2D eigenvalue weighted by atomic mass is 9.64. The lowest BCUT2D eigenvalue weighted by Crippen LogP contribution is -2.46. The molecule has 122 valence electrons. The van der Waals surface area contributed by atoms with Crippen LogP contribution in [-0.2, 0) is 14.3 Å². The Morgan fingerprint density at radius 1 is 0.875 bits per heavy atom. The summed E-state index contributed by atoms with van der Waals surface area (Å²) in [7, 11) is 0. The molecule has 4 aliphatic carbocycles. The number of amides is 2. The molecular weight excluding hydrogens is 302 g/mol. The first-order valence-electron chi connectivity index (χ1n) is 9.33. The molecule has 0 spiro atoms. The van der Waals surface area contributed by atoms with Crippen molar-refractivity contribution in [2.24, 2.45) is 35.5 Å². The van der Waals surface area contributed by atoms with Crippen molar-refractivity contribution in [2.75, 3.05) is 4.90 Å². The Kier molecular flexibility index (Phi) is 1.83. The molecule has 0 radical (unpaired) electrons. The average molecular weight is 321 g/mol. The Balaban J connectivity index is 1.36. The second kappa shape index (κ2) is 3.48. The minimum Gasteiger partial charge on any atom is -0.361 e. The van der Waals surface area contributed by atoms with Crippen molar-refractivity contribution in [3.63, 3.8) is 0 Å². The van der Waals surface area contributed by atoms with Crippen molar-refractivity contribution >= 4 is 17.5 Å². The van der Waals surface area contributed by atoms with Crippen molar-refractivity contribution in [3.05, 3.63) is 30.3 Å². The Morgan fingerprint density at radius 2 is 1.46 bits per heavy atom. The van der Waals surface area contributed by atoms with Crippen molar-refractivity contribution in [1.29, 1.82) is 0 Å². The Bertz CT molecular complexity index is 775. The molecule has 4 saturated carbocycles. The van der Waals surface area contributed by atoms with E-state index in [-0.39, 0.29) is 46.7 Å². The smallest absolute Gasteiger partial charge is 0.238 e. The van der Waals surface area contributed by atoms with E-state index in [0.29, 0.717) is 11.8 Å². The van der Waals surface area contributed by atoms with Gasteiger partial charge in [-0.1, -0.05) is 18.2 Å². The molecule has 8 atom stereocenters. The van der Waals surface area contributed by atoms with Gasteiger partial charge in [-0.05, 0) is 49.7 Å². The van der Waals surface area contributed by atoms with Crippen LogP contribution in [0.5, 0.6) is 0 Å². The average Bonchev–Trinajstić information content (AvgIpc) is 3.05. The van der Waals surface area contributed by atoms with Gasteiger partial charge >= 0.3 is 0 Å². The van der Waals surface area contributed by atoms with E-state index in [1.165, 1.54) is 24.2 Å². The van der Waals surface area contributed by atoms with Gasteiger partial charge in [-0.25, -0.2) is 0 Å². The van der Waals surface area contributed by atoms with E-state index >= 15 is 0 Å². The van der Waals surface area contributed by atoms with Crippen molar-refractivity contribution < 1.29 is 14.3 Å². The number of rotatable bonds is 1. The van der Waals surface area contributed by atoms with Crippen LogP contribution in [0.1, 0.15) is 25.7 Å². The molecule has 7 rings (SSSR count). The Morgan fingerprint density at radius 3 is 2.04 bits per heavy atom. The summed E-state index contributed by atoms with van der Waals surface area (Å²) in [5.41, 5.74) is 0.688. The molecule has 0 unspecified atom stereocenters. The zero-order valence-electron chi connectivity index (χ0n) is 13.4. The molecule has 4 heteroatoms. The summed E-state index contributed by atoms with van der Waals surface area (Å²) in [5, 5.41) is 0. The summed E-state index contributed by atoms with van der Waals surface area (Å²) in [4.78, 5) is 27.9. The fourth-order valence-electron chi connectivity index (χ4n) is 8.00. The van der Waals surface area contributed by atoms with Crippen LogP contribution in [0.3, 0.4) is 0 Å². The summed E-state index contributed by atoms with van der Waals surface area (Å²) in [6.07, 6.45) is 4.84. The second-order valence-electron chi connectivity index (χ2n) is 8.74. The number of fused-ring (bicyclic) bond motifs is 7. The van der Waals surface area contributed by atoms with Crippen molar-refractivity contribution in [2.45, 2.75) is 36.9 Å². The molecule has 1 aromatic carbocycles. The predicted molar refractivity (Wildman–Crippen MR) is 84.9 cm³/mol. The number of hydrogen-bond donors (Lipinski definition) is 0. The Labute approximate surface area is 140 Å². The quantitative estimate of drug-likeness (QED) is 0.589. The molecule has 2 amide bonds. The minimum atomic E-state index is -0.127. The fourth-order valence-corrected chi connectivity index (χ4v) is 8.00. The number of para-hydroxylation sites is 1. The summed E-state index contributed by atoms with van der Waals surface area (Å²) < 4.78 is 6.49. The van der Waals surface area contributed by atoms with Gasteiger partial charge in [0.25, 0.3) is 0 Å². The lowest BCUT2D eigenvalue weighted by molar-refractivity contribution is -0.124. The van der Waals surface area contributed by atoms with Crippen LogP contribution in [0.15, 0.2) is 30.3 Å². The third kappa shape index (κ3) is 0.972. The molecule has 1 aromatic rings. The minimum absolute atomic E-state index is 0.0234. The highest BCUT2D eigenvalue weighted by molar-refractivity contribution is 6.22. The predicted octanol–water partition coefficient (Wildman–Crippen LogP) is 2.38. The molecule has 2 saturated heterocycles. The largest absolute Gasteiger partial charge is 0.361 e. The normalized spacial score (nSPS) is 55.1. The fraction of sp³-hybridized carbons (Fsp3) is 0.600. The van der Waals surface area contributed by atoms with Crippen LogP contribution in [-0.4, -0.2) is 23.0 Å². The maximum absolute atomic E-state index is 13.2. The van der Waals surface area contributed by atoms with Crippen LogP contribution in [0.4, 0.5) is 5.69 Å². The van der Waals surface area contributed by atoms with E-state index in [1.807, 2.05) is 30.3 Å². The van der Waals surface area contributed by atoms with Crippen LogP contribution < -0.4 is 4.90 Å². The summed E-state index contributed by atoms with van der Waals surface area (Å²) in [6, 6.07) is 9.45. The zero-order valence-corrected chi connectivity index (χ0v) is 13.4. The maximum Gasteiger partial charge on any atom is 0.238 e. The van der Waals surface area contributed by atoms with E-state index in [4.69, 9.17) is 4.74 Å². The van der Waals surface area contributed by atoms with E-state index in [2.05, 4.69) is 0 Å². The van der Waals surface area contributed by atoms with Gasteiger partial charge < -0.3 is 4.74 Å². The van der Waals surface area contributed by atoms with Crippen LogP contribution in [0.2, 0.25) is 0 Å². The number of nitrogens with zero attached hydrogens (tertiary/aromatic N) is 1. The number of hydrogen-bond acceptors (Lipinski definition) is 3. The SMILES string of the molecule is O=C1[C@@H]2[C@H](C(=O)N1c1ccccc1)[C@H]1C[C@H]2[C@@]23O[C@]12[C@H]1CC[C@H]3C1. The van der Waals surface area contributed by atoms with Gasteiger partial charge in [0, 0.05) is 11.8 Å². The van der Waals surface area contributed by atoms with Gasteiger partial charge in [-0.2, -0.15) is 0 Å². The van der Waals surface area contributed by atoms with E-state index < -0.39 is 0 Å². The first kappa shape index (κ1) is 12.6. The lowest BCUT2D eigenvalue weighted by Gasteiger charge is -2.33. The summed E-state index contributed by atoms with van der Waals surface area (Å²) in [5.74, 6) is 1.67. The molecule has 0 aromatic heterocycles. The summed E-state index contributed by atoms with van der Waals surface area (Å²) in [6.45, 7) is 0. The van der Waals surface area contributed by atoms with E-state index in [9.17, 15) is 9.59 Å². The standard InChI is InChI=1S/C20H19NO3/c22-17-15-13-9-14(20-11-7-6-10(8-11)19(13,20)24-20)16(15)18(23)21(17)12-4-2-1-3-5-12/h1-5,10-11,13-16H,6-9H2/t10-,11-,13+,14+,15-,16+,19+,20+/m0/s1. The number of ether oxygens (including phenoxy) is 1. The van der Waals surface area contributed by atoms with Gasteiger partial charge in [0.15, 0.2) is 0 Å². The number of carbonyl (C=O) groups is 2. The number of benzene rings is 1. The number of imide groups is 1. The molecule has 4 bridgehead atoms. The molecule has 2 heterocycles. The zero-order chi connectivity index (χ0) is 15.8. The molecular formula is C20H19NO3. The Hall–Kier alpha value is -1.68. The molecule has 6 fully saturated rings. The third-order valence-electron chi connectivity index (χ3n) is 8.44. The highest BCUT2D eigenvalue weighted by Gasteiger charge is 2.95. The maximum atomic E-state index is 13.2. The van der Waals surface area contributed by atoms with Crippen LogP contribution in [0, 0.1) is 35.5 Å². The summed E-state index contributed by atoms with van der Waals surface area (Å²) >= 11 is 0. The first-order chi connectivity index (χ1) is 11.7. The third-order valence-corrected chi connectivity index (χ3v) is 8.44. The topological polar surface area (TPSA) is 49.9 Å². The van der Waals surface area contributed by atoms with Crippen molar-refractivity contribution in [3.8, 4) is 0 Å². The number of epoxide rings is 1. The number of anilines is 1. The van der Waals surface area contributed by atoms with Gasteiger partial charge in [0.1, 0.15) is 11.2 Å².